The van der Waals surface area contributed by atoms with Crippen LogP contribution in [0.3, 0.4) is 0 Å². The lowest BCUT2D eigenvalue weighted by molar-refractivity contribution is -0.116. The van der Waals surface area contributed by atoms with Crippen LogP contribution in [0.5, 0.6) is 5.75 Å². The standard InChI is InChI=1S/C28H23FN4O3/c1-2-36-24-7-5-6-23(15-24)32-28(35)19(16-30)14-20-17-33(26-9-4-3-8-25(20)26)18-27(34)31-22-12-10-21(29)11-13-22/h3-15,17H,2,18H2,1H3,(H,31,34)(H,32,35)/b19-14-. The molecule has 2 amide bonds. The molecule has 4 aromatic rings. The number of nitrogens with one attached hydrogen (secondary N) is 2. The Bertz CT molecular complexity index is 1480. The molecule has 1 aromatic heterocycles. The first-order chi connectivity index (χ1) is 17.5. The number of rotatable bonds is 8. The van der Waals surface area contributed by atoms with Crippen LogP contribution in [0.25, 0.3) is 17.0 Å². The van der Waals surface area contributed by atoms with Gasteiger partial charge in [-0.1, -0.05) is 24.3 Å². The number of hydrogen-bond acceptors (Lipinski definition) is 4. The summed E-state index contributed by atoms with van der Waals surface area (Å²) in [6, 6.07) is 21.8. The van der Waals surface area contributed by atoms with E-state index in [1.807, 2.05) is 37.3 Å². The molecule has 2 N–H and O–H groups in total. The van der Waals surface area contributed by atoms with E-state index in [4.69, 9.17) is 4.74 Å². The summed E-state index contributed by atoms with van der Waals surface area (Å²) < 4.78 is 20.3. The van der Waals surface area contributed by atoms with Crippen LogP contribution in [-0.4, -0.2) is 23.0 Å². The maximum atomic E-state index is 13.1. The molecule has 0 aliphatic heterocycles. The largest absolute Gasteiger partial charge is 0.494 e. The zero-order valence-electron chi connectivity index (χ0n) is 19.5. The average molecular weight is 483 g/mol. The lowest BCUT2D eigenvalue weighted by atomic mass is 10.1. The Morgan fingerprint density at radius 1 is 1.03 bits per heavy atom. The van der Waals surface area contributed by atoms with Gasteiger partial charge in [0.1, 0.15) is 29.8 Å². The minimum Gasteiger partial charge on any atom is -0.494 e. The number of nitriles is 1. The highest BCUT2D eigenvalue weighted by molar-refractivity contribution is 6.11. The van der Waals surface area contributed by atoms with E-state index in [1.54, 1.807) is 35.0 Å². The first kappa shape index (κ1) is 24.2. The second-order valence-electron chi connectivity index (χ2n) is 7.87. The van der Waals surface area contributed by atoms with Crippen LogP contribution in [0.2, 0.25) is 0 Å². The molecule has 4 rings (SSSR count). The quantitative estimate of drug-likeness (QED) is 0.261. The number of anilines is 2. The van der Waals surface area contributed by atoms with Crippen LogP contribution in [-0.2, 0) is 16.1 Å². The van der Waals surface area contributed by atoms with Crippen molar-refractivity contribution in [3.8, 4) is 11.8 Å². The second-order valence-corrected chi connectivity index (χ2v) is 7.87. The van der Waals surface area contributed by atoms with Crippen molar-refractivity contribution < 1.29 is 18.7 Å². The first-order valence-corrected chi connectivity index (χ1v) is 11.3. The van der Waals surface area contributed by atoms with Gasteiger partial charge in [-0.3, -0.25) is 9.59 Å². The molecule has 7 nitrogen and oxygen atoms in total. The summed E-state index contributed by atoms with van der Waals surface area (Å²) in [6.45, 7) is 2.35. The molecule has 0 saturated heterocycles. The number of aromatic nitrogens is 1. The fourth-order valence-corrected chi connectivity index (χ4v) is 3.74. The number of halogens is 1. The molecular weight excluding hydrogens is 459 g/mol. The topological polar surface area (TPSA) is 96.2 Å². The Balaban J connectivity index is 1.57. The van der Waals surface area contributed by atoms with Crippen LogP contribution in [0, 0.1) is 17.1 Å². The van der Waals surface area contributed by atoms with E-state index in [0.29, 0.717) is 29.3 Å². The summed E-state index contributed by atoms with van der Waals surface area (Å²) >= 11 is 0. The van der Waals surface area contributed by atoms with Crippen molar-refractivity contribution in [1.82, 2.24) is 4.57 Å². The van der Waals surface area contributed by atoms with E-state index in [1.165, 1.54) is 30.3 Å². The molecule has 180 valence electrons. The Labute approximate surface area is 207 Å². The summed E-state index contributed by atoms with van der Waals surface area (Å²) in [5.74, 6) is -0.637. The highest BCUT2D eigenvalue weighted by atomic mass is 19.1. The SMILES string of the molecule is CCOc1cccc(NC(=O)/C(C#N)=C\c2cn(CC(=O)Nc3ccc(F)cc3)c3ccccc23)c1. The van der Waals surface area contributed by atoms with Gasteiger partial charge in [0.15, 0.2) is 0 Å². The average Bonchev–Trinajstić information content (AvgIpc) is 3.21. The number of hydrogen-bond donors (Lipinski definition) is 2. The molecule has 0 aliphatic carbocycles. The Hall–Kier alpha value is -4.90. The van der Waals surface area contributed by atoms with E-state index in [0.717, 1.165) is 10.9 Å². The summed E-state index contributed by atoms with van der Waals surface area (Å²) in [6.07, 6.45) is 3.22. The number of carbonyl (C=O) groups is 2. The highest BCUT2D eigenvalue weighted by Gasteiger charge is 2.14. The molecule has 0 bridgehead atoms. The molecule has 0 unspecified atom stereocenters. The molecule has 0 spiro atoms. The number of fused-ring (bicyclic) bond motifs is 1. The van der Waals surface area contributed by atoms with Crippen molar-refractivity contribution in [2.45, 2.75) is 13.5 Å². The number of amides is 2. The van der Waals surface area contributed by atoms with Crippen LogP contribution in [0.1, 0.15) is 12.5 Å². The Morgan fingerprint density at radius 2 is 1.81 bits per heavy atom. The van der Waals surface area contributed by atoms with E-state index in [9.17, 15) is 19.2 Å². The fourth-order valence-electron chi connectivity index (χ4n) is 3.74. The monoisotopic (exact) mass is 482 g/mol. The van der Waals surface area contributed by atoms with Gasteiger partial charge < -0.3 is 19.9 Å². The van der Waals surface area contributed by atoms with Gasteiger partial charge >= 0.3 is 0 Å². The normalized spacial score (nSPS) is 11.1. The Kier molecular flexibility index (Phi) is 7.42. The third-order valence-electron chi connectivity index (χ3n) is 5.33. The molecule has 1 heterocycles. The van der Waals surface area contributed by atoms with Crippen LogP contribution in [0.15, 0.2) is 84.6 Å². The van der Waals surface area contributed by atoms with Gasteiger partial charge in [0, 0.05) is 40.1 Å². The Morgan fingerprint density at radius 3 is 2.56 bits per heavy atom. The fraction of sp³-hybridized carbons (Fsp3) is 0.107. The van der Waals surface area contributed by atoms with Crippen molar-refractivity contribution in [2.75, 3.05) is 17.2 Å². The molecule has 0 saturated carbocycles. The molecule has 0 atom stereocenters. The van der Waals surface area contributed by atoms with Gasteiger partial charge in [0.2, 0.25) is 5.91 Å². The van der Waals surface area contributed by atoms with E-state index in [2.05, 4.69) is 10.6 Å². The molecule has 3 aromatic carbocycles. The summed E-state index contributed by atoms with van der Waals surface area (Å²) in [5, 5.41) is 15.9. The molecule has 0 radical (unpaired) electrons. The van der Waals surface area contributed by atoms with Crippen molar-refractivity contribution in [3.63, 3.8) is 0 Å². The lowest BCUT2D eigenvalue weighted by Crippen LogP contribution is -2.18. The number of benzene rings is 3. The minimum absolute atomic E-state index is 0.00989. The molecule has 0 fully saturated rings. The van der Waals surface area contributed by atoms with Gasteiger partial charge in [0.05, 0.1) is 6.61 Å². The van der Waals surface area contributed by atoms with Gasteiger partial charge in [-0.15, -0.1) is 0 Å². The highest BCUT2D eigenvalue weighted by Crippen LogP contribution is 2.25. The zero-order valence-corrected chi connectivity index (χ0v) is 19.5. The molecule has 8 heteroatoms. The number of nitrogens with zero attached hydrogens (tertiary/aromatic N) is 2. The van der Waals surface area contributed by atoms with Crippen LogP contribution < -0.4 is 15.4 Å². The number of carbonyl (C=O) groups excluding carboxylic acids is 2. The minimum atomic E-state index is -0.558. The van der Waals surface area contributed by atoms with E-state index < -0.39 is 5.91 Å². The van der Waals surface area contributed by atoms with Crippen molar-refractivity contribution >= 4 is 40.2 Å². The lowest BCUT2D eigenvalue weighted by Gasteiger charge is -2.07. The van der Waals surface area contributed by atoms with E-state index in [-0.39, 0.29) is 23.8 Å². The summed E-state index contributed by atoms with van der Waals surface area (Å²) in [7, 11) is 0. The maximum Gasteiger partial charge on any atom is 0.266 e. The summed E-state index contributed by atoms with van der Waals surface area (Å²) in [4.78, 5) is 25.4. The van der Waals surface area contributed by atoms with Crippen molar-refractivity contribution in [1.29, 1.82) is 5.26 Å². The summed E-state index contributed by atoms with van der Waals surface area (Å²) in [5.41, 5.74) is 2.28. The smallest absolute Gasteiger partial charge is 0.266 e. The third kappa shape index (κ3) is 5.77. The van der Waals surface area contributed by atoms with Crippen molar-refractivity contribution in [2.24, 2.45) is 0 Å². The first-order valence-electron chi connectivity index (χ1n) is 11.3. The molecule has 0 aliphatic rings. The predicted molar refractivity (Wildman–Crippen MR) is 137 cm³/mol. The van der Waals surface area contributed by atoms with Crippen molar-refractivity contribution in [3.05, 3.63) is 95.9 Å². The molecule has 36 heavy (non-hydrogen) atoms. The van der Waals surface area contributed by atoms with E-state index >= 15 is 0 Å². The maximum absolute atomic E-state index is 13.1. The second kappa shape index (κ2) is 11.0. The number of ether oxygens (including phenoxy) is 1. The van der Waals surface area contributed by atoms with Gasteiger partial charge in [-0.05, 0) is 55.5 Å². The molecular formula is C28H23FN4O3. The number of para-hydroxylation sites is 1. The van der Waals surface area contributed by atoms with Crippen LogP contribution >= 0.6 is 0 Å². The van der Waals surface area contributed by atoms with Gasteiger partial charge in [0.25, 0.3) is 5.91 Å². The predicted octanol–water partition coefficient (Wildman–Crippen LogP) is 5.36. The van der Waals surface area contributed by atoms with Crippen LogP contribution in [0.4, 0.5) is 15.8 Å². The van der Waals surface area contributed by atoms with Gasteiger partial charge in [-0.25, -0.2) is 4.39 Å². The van der Waals surface area contributed by atoms with Gasteiger partial charge in [-0.2, -0.15) is 5.26 Å². The zero-order chi connectivity index (χ0) is 25.5. The third-order valence-corrected chi connectivity index (χ3v) is 5.33.